The molecule has 0 radical (unpaired) electrons. The van der Waals surface area contributed by atoms with Crippen molar-refractivity contribution in [2.75, 3.05) is 26.1 Å². The number of amides is 1. The Bertz CT molecular complexity index is 626. The molecule has 1 heterocycles. The second-order valence-electron chi connectivity index (χ2n) is 4.80. The van der Waals surface area contributed by atoms with Gasteiger partial charge in [0.05, 0.1) is 7.11 Å². The molecule has 0 aliphatic heterocycles. The number of ether oxygens (including phenoxy) is 1. The highest BCUT2D eigenvalue weighted by molar-refractivity contribution is 5.95. The summed E-state index contributed by atoms with van der Waals surface area (Å²) in [6.45, 7) is 0.377. The Balaban J connectivity index is 2.06. The molecule has 110 valence electrons. The molecule has 0 aliphatic rings. The number of aromatic nitrogens is 1. The molecule has 1 aromatic heterocycles. The minimum absolute atomic E-state index is 0.121. The van der Waals surface area contributed by atoms with Gasteiger partial charge in [0.2, 0.25) is 5.88 Å². The van der Waals surface area contributed by atoms with E-state index in [1.807, 2.05) is 49.3 Å². The topological polar surface area (TPSA) is 54.5 Å². The van der Waals surface area contributed by atoms with Crippen molar-refractivity contribution >= 4 is 11.6 Å². The van der Waals surface area contributed by atoms with Crippen LogP contribution in [0.2, 0.25) is 0 Å². The minimum Gasteiger partial charge on any atom is -0.481 e. The van der Waals surface area contributed by atoms with Crippen LogP contribution in [0, 0.1) is 0 Å². The number of benzene rings is 1. The molecule has 0 aliphatic carbocycles. The summed E-state index contributed by atoms with van der Waals surface area (Å²) in [7, 11) is 5.45. The number of nitrogens with zero attached hydrogens (tertiary/aromatic N) is 2. The first-order chi connectivity index (χ1) is 10.1. The van der Waals surface area contributed by atoms with Crippen LogP contribution in [0.4, 0.5) is 5.69 Å². The fourth-order valence-corrected chi connectivity index (χ4v) is 1.95. The number of hydrogen-bond acceptors (Lipinski definition) is 4. The first-order valence-electron chi connectivity index (χ1n) is 6.65. The van der Waals surface area contributed by atoms with Crippen molar-refractivity contribution < 1.29 is 9.53 Å². The zero-order chi connectivity index (χ0) is 15.2. The van der Waals surface area contributed by atoms with Crippen LogP contribution in [0.5, 0.6) is 5.88 Å². The van der Waals surface area contributed by atoms with Crippen LogP contribution in [0.15, 0.2) is 42.6 Å². The summed E-state index contributed by atoms with van der Waals surface area (Å²) < 4.78 is 5.16. The average Bonchev–Trinajstić information content (AvgIpc) is 2.52. The zero-order valence-corrected chi connectivity index (χ0v) is 12.5. The highest BCUT2D eigenvalue weighted by Crippen LogP contribution is 2.15. The highest BCUT2D eigenvalue weighted by Gasteiger charge is 2.09. The van der Waals surface area contributed by atoms with Gasteiger partial charge in [0.15, 0.2) is 0 Å². The number of carbonyl (C=O) groups excluding carboxylic acids is 1. The maximum atomic E-state index is 12.2. The molecule has 1 N–H and O–H groups in total. The summed E-state index contributed by atoms with van der Waals surface area (Å²) in [4.78, 5) is 18.3. The summed E-state index contributed by atoms with van der Waals surface area (Å²) in [6, 6.07) is 11.2. The van der Waals surface area contributed by atoms with Gasteiger partial charge < -0.3 is 15.0 Å². The molecule has 1 aromatic carbocycles. The first-order valence-corrected chi connectivity index (χ1v) is 6.65. The van der Waals surface area contributed by atoms with Crippen molar-refractivity contribution in [2.45, 2.75) is 6.54 Å². The molecule has 0 fully saturated rings. The van der Waals surface area contributed by atoms with Crippen LogP contribution in [0.25, 0.3) is 0 Å². The molecule has 2 rings (SSSR count). The van der Waals surface area contributed by atoms with Gasteiger partial charge in [0.25, 0.3) is 5.91 Å². The Morgan fingerprint density at radius 1 is 1.29 bits per heavy atom. The Hall–Kier alpha value is -2.56. The lowest BCUT2D eigenvalue weighted by Gasteiger charge is -2.13. The summed E-state index contributed by atoms with van der Waals surface area (Å²) in [5.41, 5.74) is 2.46. The monoisotopic (exact) mass is 285 g/mol. The second-order valence-corrected chi connectivity index (χ2v) is 4.80. The van der Waals surface area contributed by atoms with Crippen molar-refractivity contribution in [2.24, 2.45) is 0 Å². The summed E-state index contributed by atoms with van der Waals surface area (Å²) in [5, 5.41) is 2.88. The molecule has 0 saturated carbocycles. The third-order valence-corrected chi connectivity index (χ3v) is 3.11. The maximum absolute atomic E-state index is 12.2. The fourth-order valence-electron chi connectivity index (χ4n) is 1.95. The van der Waals surface area contributed by atoms with Gasteiger partial charge >= 0.3 is 0 Å². The molecule has 0 unspecified atom stereocenters. The number of nitrogens with one attached hydrogen (secondary N) is 1. The Labute approximate surface area is 124 Å². The molecule has 0 saturated heterocycles. The lowest BCUT2D eigenvalue weighted by atomic mass is 10.1. The summed E-state index contributed by atoms with van der Waals surface area (Å²) in [5.74, 6) is 0.407. The Morgan fingerprint density at radius 3 is 2.81 bits per heavy atom. The van der Waals surface area contributed by atoms with Crippen molar-refractivity contribution in [3.8, 4) is 5.88 Å². The van der Waals surface area contributed by atoms with E-state index >= 15 is 0 Å². The molecule has 2 aromatic rings. The van der Waals surface area contributed by atoms with Gasteiger partial charge in [-0.25, -0.2) is 4.98 Å². The molecular formula is C16H19N3O2. The molecule has 0 bridgehead atoms. The quantitative estimate of drug-likeness (QED) is 0.914. The molecule has 5 heteroatoms. The van der Waals surface area contributed by atoms with Gasteiger partial charge in [-0.05, 0) is 24.3 Å². The number of hydrogen-bond donors (Lipinski definition) is 1. The average molecular weight is 285 g/mol. The van der Waals surface area contributed by atoms with Crippen molar-refractivity contribution in [3.63, 3.8) is 0 Å². The Kier molecular flexibility index (Phi) is 4.77. The molecule has 0 atom stereocenters. The van der Waals surface area contributed by atoms with Crippen molar-refractivity contribution in [1.82, 2.24) is 10.3 Å². The largest absolute Gasteiger partial charge is 0.481 e. The van der Waals surface area contributed by atoms with E-state index in [1.54, 1.807) is 19.4 Å². The van der Waals surface area contributed by atoms with Crippen molar-refractivity contribution in [3.05, 3.63) is 53.7 Å². The predicted octanol–water partition coefficient (Wildman–Crippen LogP) is 2.09. The molecular weight excluding hydrogens is 266 g/mol. The maximum Gasteiger partial charge on any atom is 0.251 e. The third-order valence-electron chi connectivity index (χ3n) is 3.11. The number of anilines is 1. The van der Waals surface area contributed by atoms with Crippen LogP contribution >= 0.6 is 0 Å². The van der Waals surface area contributed by atoms with Gasteiger partial charge in [0.1, 0.15) is 0 Å². The van der Waals surface area contributed by atoms with E-state index in [9.17, 15) is 4.79 Å². The van der Waals surface area contributed by atoms with E-state index in [0.29, 0.717) is 18.0 Å². The summed E-state index contributed by atoms with van der Waals surface area (Å²) in [6.07, 6.45) is 1.66. The van der Waals surface area contributed by atoms with E-state index in [-0.39, 0.29) is 5.91 Å². The SMILES string of the molecule is COc1ncccc1CNC(=O)c1cccc(N(C)C)c1. The smallest absolute Gasteiger partial charge is 0.251 e. The van der Waals surface area contributed by atoms with Gasteiger partial charge in [-0.15, -0.1) is 0 Å². The molecule has 5 nitrogen and oxygen atoms in total. The first kappa shape index (κ1) is 14.8. The highest BCUT2D eigenvalue weighted by atomic mass is 16.5. The van der Waals surface area contributed by atoms with Crippen LogP contribution in [0.1, 0.15) is 15.9 Å². The van der Waals surface area contributed by atoms with Crippen LogP contribution in [-0.2, 0) is 6.54 Å². The van der Waals surface area contributed by atoms with Gasteiger partial charge in [-0.1, -0.05) is 12.1 Å². The fraction of sp³-hybridized carbons (Fsp3) is 0.250. The van der Waals surface area contributed by atoms with Crippen molar-refractivity contribution in [1.29, 1.82) is 0 Å². The van der Waals surface area contributed by atoms with E-state index in [4.69, 9.17) is 4.74 Å². The number of pyridine rings is 1. The number of methoxy groups -OCH3 is 1. The van der Waals surface area contributed by atoms with E-state index in [1.165, 1.54) is 0 Å². The third kappa shape index (κ3) is 3.72. The zero-order valence-electron chi connectivity index (χ0n) is 12.5. The second kappa shape index (κ2) is 6.74. The number of rotatable bonds is 5. The van der Waals surface area contributed by atoms with E-state index in [0.717, 1.165) is 11.3 Å². The Morgan fingerprint density at radius 2 is 2.10 bits per heavy atom. The summed E-state index contributed by atoms with van der Waals surface area (Å²) >= 11 is 0. The van der Waals surface area contributed by atoms with Gasteiger partial charge in [-0.3, -0.25) is 4.79 Å². The normalized spacial score (nSPS) is 10.0. The van der Waals surface area contributed by atoms with Crippen LogP contribution in [0.3, 0.4) is 0 Å². The van der Waals surface area contributed by atoms with Gasteiger partial charge in [-0.2, -0.15) is 0 Å². The molecule has 21 heavy (non-hydrogen) atoms. The predicted molar refractivity (Wildman–Crippen MR) is 82.7 cm³/mol. The van der Waals surface area contributed by atoms with Gasteiger partial charge in [0, 0.05) is 43.7 Å². The van der Waals surface area contributed by atoms with E-state index in [2.05, 4.69) is 10.3 Å². The molecule has 1 amide bonds. The minimum atomic E-state index is -0.121. The van der Waals surface area contributed by atoms with E-state index < -0.39 is 0 Å². The molecule has 0 spiro atoms. The lowest BCUT2D eigenvalue weighted by Crippen LogP contribution is -2.23. The lowest BCUT2D eigenvalue weighted by molar-refractivity contribution is 0.0950. The van der Waals surface area contributed by atoms with Crippen LogP contribution < -0.4 is 15.0 Å². The standard InChI is InChI=1S/C16H19N3O2/c1-19(2)14-8-4-6-12(10-14)15(20)18-11-13-7-5-9-17-16(13)21-3/h4-10H,11H2,1-3H3,(H,18,20). The number of carbonyl (C=O) groups is 1. The van der Waals surface area contributed by atoms with Crippen LogP contribution in [-0.4, -0.2) is 32.1 Å².